The summed E-state index contributed by atoms with van der Waals surface area (Å²) in [4.78, 5) is 23.9. The van der Waals surface area contributed by atoms with Crippen molar-refractivity contribution in [3.8, 4) is 0 Å². The number of allylic oxidation sites excluding steroid dienone is 5. The van der Waals surface area contributed by atoms with Crippen LogP contribution in [0.2, 0.25) is 5.02 Å². The van der Waals surface area contributed by atoms with Crippen LogP contribution >= 0.6 is 11.6 Å². The van der Waals surface area contributed by atoms with Crippen molar-refractivity contribution in [2.45, 2.75) is 13.0 Å². The third kappa shape index (κ3) is 3.08. The maximum absolute atomic E-state index is 12.1. The maximum atomic E-state index is 12.1. The van der Waals surface area contributed by atoms with E-state index in [-0.39, 0.29) is 18.2 Å². The molecular weight excluding hydrogens is 364 g/mol. The number of hydrogen-bond acceptors (Lipinski definition) is 4. The minimum Gasteiger partial charge on any atom is -0.464 e. The van der Waals surface area contributed by atoms with Gasteiger partial charge in [-0.2, -0.15) is 0 Å². The van der Waals surface area contributed by atoms with E-state index in [9.17, 15) is 9.59 Å². The molecular formula is C21H18ClN2O3+. The first kappa shape index (κ1) is 17.6. The van der Waals surface area contributed by atoms with Crippen LogP contribution in [-0.2, 0) is 14.3 Å². The molecule has 2 aliphatic carbocycles. The predicted molar refractivity (Wildman–Crippen MR) is 101 cm³/mol. The molecule has 1 aromatic rings. The number of azo groups is 2. The van der Waals surface area contributed by atoms with Crippen molar-refractivity contribution < 1.29 is 19.0 Å². The summed E-state index contributed by atoms with van der Waals surface area (Å²) in [5, 5.41) is 5.14. The molecule has 2 atom stereocenters. The molecule has 1 aromatic carbocycles. The molecule has 4 rings (SSSR count). The van der Waals surface area contributed by atoms with Gasteiger partial charge >= 0.3 is 5.97 Å². The average molecular weight is 382 g/mol. The van der Waals surface area contributed by atoms with E-state index in [0.29, 0.717) is 5.02 Å². The molecule has 27 heavy (non-hydrogen) atoms. The van der Waals surface area contributed by atoms with Crippen LogP contribution in [0.4, 0.5) is 0 Å². The number of ketones is 1. The Hall–Kier alpha value is -2.79. The third-order valence-corrected chi connectivity index (χ3v) is 5.15. The van der Waals surface area contributed by atoms with E-state index in [1.54, 1.807) is 4.70 Å². The Labute approximate surface area is 162 Å². The molecule has 0 amide bonds. The highest BCUT2D eigenvalue weighted by Gasteiger charge is 2.44. The second-order valence-electron chi connectivity index (χ2n) is 6.68. The highest BCUT2D eigenvalue weighted by atomic mass is 35.5. The Balaban J connectivity index is 1.76. The van der Waals surface area contributed by atoms with Gasteiger partial charge in [0.2, 0.25) is 11.7 Å². The molecule has 0 saturated carbocycles. The van der Waals surface area contributed by atoms with Gasteiger partial charge in [0.1, 0.15) is 0 Å². The van der Waals surface area contributed by atoms with Crippen LogP contribution in [0.15, 0.2) is 70.5 Å². The maximum Gasteiger partial charge on any atom is 0.374 e. The minimum absolute atomic E-state index is 0.0243. The Kier molecular flexibility index (Phi) is 4.40. The second-order valence-corrected chi connectivity index (χ2v) is 7.12. The molecule has 136 valence electrons. The molecule has 0 radical (unpaired) electrons. The first-order valence-electron chi connectivity index (χ1n) is 8.65. The van der Waals surface area contributed by atoms with Gasteiger partial charge in [-0.1, -0.05) is 46.7 Å². The molecule has 0 bridgehead atoms. The number of fused-ring (bicyclic) bond motifs is 2. The zero-order chi connectivity index (χ0) is 19.1. The summed E-state index contributed by atoms with van der Waals surface area (Å²) in [5.74, 6) is -0.388. The van der Waals surface area contributed by atoms with Crippen molar-refractivity contribution in [2.75, 3.05) is 13.7 Å². The highest BCUT2D eigenvalue weighted by Crippen LogP contribution is 2.43. The van der Waals surface area contributed by atoms with Gasteiger partial charge in [0.25, 0.3) is 6.54 Å². The van der Waals surface area contributed by atoms with Crippen molar-refractivity contribution in [1.29, 1.82) is 0 Å². The zero-order valence-corrected chi connectivity index (χ0v) is 15.7. The average Bonchev–Trinajstić information content (AvgIpc) is 3.23. The number of rotatable bonds is 4. The minimum atomic E-state index is -0.585. The van der Waals surface area contributed by atoms with E-state index in [4.69, 9.17) is 16.3 Å². The Bertz CT molecular complexity index is 1010. The zero-order valence-electron chi connectivity index (χ0n) is 15.0. The Morgan fingerprint density at radius 2 is 2.15 bits per heavy atom. The number of esters is 1. The van der Waals surface area contributed by atoms with E-state index >= 15 is 0 Å². The summed E-state index contributed by atoms with van der Waals surface area (Å²) in [5.41, 5.74) is 4.76. The van der Waals surface area contributed by atoms with Crippen molar-refractivity contribution >= 4 is 28.9 Å². The number of halogens is 1. The lowest BCUT2D eigenvalue weighted by Gasteiger charge is -2.13. The largest absolute Gasteiger partial charge is 0.464 e. The monoisotopic (exact) mass is 381 g/mol. The normalized spacial score (nSPS) is 22.7. The van der Waals surface area contributed by atoms with Gasteiger partial charge in [-0.25, -0.2) is 4.79 Å². The quantitative estimate of drug-likeness (QED) is 0.590. The van der Waals surface area contributed by atoms with E-state index in [1.807, 2.05) is 30.3 Å². The van der Waals surface area contributed by atoms with Crippen LogP contribution in [-0.4, -0.2) is 36.1 Å². The summed E-state index contributed by atoms with van der Waals surface area (Å²) in [6.07, 6.45) is 8.24. The lowest BCUT2D eigenvalue weighted by atomic mass is 9.88. The summed E-state index contributed by atoms with van der Waals surface area (Å²) in [6.45, 7) is 1.49. The number of carbonyl (C=O) groups is 2. The number of carbonyl (C=O) groups excluding carboxylic acids is 2. The fourth-order valence-corrected chi connectivity index (χ4v) is 3.86. The van der Waals surface area contributed by atoms with Crippen molar-refractivity contribution in [2.24, 2.45) is 11.0 Å². The predicted octanol–water partition coefficient (Wildman–Crippen LogP) is 3.71. The standard InChI is InChI=1S/C21H18ClN2O3/c1-12(25)20-17-7-6-14-8-15(13-4-3-5-16(22)9-13)10-18(14)21(17)24(23-20)11-19(26)27-2/h3-10,14,20H,11H2,1-2H3/q+1. The van der Waals surface area contributed by atoms with Crippen LogP contribution < -0.4 is 0 Å². The molecule has 0 fully saturated rings. The topological polar surface area (TPSA) is 58.7 Å². The fourth-order valence-electron chi connectivity index (χ4n) is 3.67. The van der Waals surface area contributed by atoms with Crippen LogP contribution in [0.5, 0.6) is 0 Å². The van der Waals surface area contributed by atoms with Crippen molar-refractivity contribution in [3.05, 3.63) is 76.0 Å². The fraction of sp³-hybridized carbons (Fsp3) is 0.238. The van der Waals surface area contributed by atoms with Crippen LogP contribution in [0.1, 0.15) is 12.5 Å². The van der Waals surface area contributed by atoms with Gasteiger partial charge in [0.15, 0.2) is 5.78 Å². The number of benzene rings is 1. The third-order valence-electron chi connectivity index (χ3n) is 4.92. The highest BCUT2D eigenvalue weighted by molar-refractivity contribution is 6.30. The first-order valence-corrected chi connectivity index (χ1v) is 9.03. The van der Waals surface area contributed by atoms with Crippen molar-refractivity contribution in [1.82, 2.24) is 0 Å². The van der Waals surface area contributed by atoms with Gasteiger partial charge < -0.3 is 4.74 Å². The SMILES string of the molecule is COC(=O)C[N+]1=NC(C(C)=O)C2=C1C1=CC(c3cccc(Cl)c3)=CC1C=C2. The van der Waals surface area contributed by atoms with E-state index in [2.05, 4.69) is 23.3 Å². The Morgan fingerprint density at radius 3 is 2.85 bits per heavy atom. The van der Waals surface area contributed by atoms with E-state index in [0.717, 1.165) is 28.0 Å². The van der Waals surface area contributed by atoms with Crippen LogP contribution in [0.25, 0.3) is 5.57 Å². The lowest BCUT2D eigenvalue weighted by molar-refractivity contribution is -0.529. The summed E-state index contributed by atoms with van der Waals surface area (Å²) in [7, 11) is 1.34. The number of ether oxygens (including phenoxy) is 1. The first-order chi connectivity index (χ1) is 13.0. The van der Waals surface area contributed by atoms with Crippen LogP contribution in [0.3, 0.4) is 0 Å². The van der Waals surface area contributed by atoms with Gasteiger partial charge in [-0.15, -0.1) is 0 Å². The number of methoxy groups -OCH3 is 1. The number of Topliss-reactive ketones (excluding diaryl/α,β-unsaturated/α-hetero) is 1. The van der Waals surface area contributed by atoms with Gasteiger partial charge in [-0.3, -0.25) is 4.79 Å². The summed E-state index contributed by atoms with van der Waals surface area (Å²) >= 11 is 6.13. The molecule has 1 aliphatic heterocycles. The van der Waals surface area contributed by atoms with Crippen molar-refractivity contribution in [3.63, 3.8) is 0 Å². The molecule has 1 heterocycles. The molecule has 6 heteroatoms. The van der Waals surface area contributed by atoms with Gasteiger partial charge in [0, 0.05) is 16.5 Å². The van der Waals surface area contributed by atoms with E-state index in [1.165, 1.54) is 14.0 Å². The lowest BCUT2D eigenvalue weighted by Crippen LogP contribution is -2.21. The number of hydrogen-bond donors (Lipinski definition) is 0. The smallest absolute Gasteiger partial charge is 0.374 e. The molecule has 0 spiro atoms. The Morgan fingerprint density at radius 1 is 1.33 bits per heavy atom. The molecule has 0 saturated heterocycles. The molecule has 3 aliphatic rings. The molecule has 2 unspecified atom stereocenters. The number of nitrogens with zero attached hydrogens (tertiary/aromatic N) is 2. The van der Waals surface area contributed by atoms with Gasteiger partial charge in [0.05, 0.1) is 12.7 Å². The van der Waals surface area contributed by atoms with Crippen LogP contribution in [0, 0.1) is 5.92 Å². The summed E-state index contributed by atoms with van der Waals surface area (Å²) in [6, 6.07) is 7.10. The molecule has 0 aromatic heterocycles. The molecule has 5 nitrogen and oxygen atoms in total. The summed E-state index contributed by atoms with van der Waals surface area (Å²) < 4.78 is 6.39. The van der Waals surface area contributed by atoms with Gasteiger partial charge in [-0.05, 0) is 41.4 Å². The van der Waals surface area contributed by atoms with E-state index < -0.39 is 12.0 Å². The second kappa shape index (κ2) is 6.74. The molecule has 0 N–H and O–H groups in total.